The van der Waals surface area contributed by atoms with Gasteiger partial charge in [0.05, 0.1) is 25.9 Å². The number of aliphatic hydroxyl groups excluding tert-OH is 1. The van der Waals surface area contributed by atoms with Gasteiger partial charge in [0.1, 0.15) is 11.9 Å². The highest BCUT2D eigenvalue weighted by Crippen LogP contribution is 2.34. The molecule has 1 atom stereocenters. The Morgan fingerprint density at radius 1 is 1.04 bits per heavy atom. The van der Waals surface area contributed by atoms with E-state index >= 15 is 0 Å². The van der Waals surface area contributed by atoms with Crippen LogP contribution < -0.4 is 14.2 Å². The highest BCUT2D eigenvalue weighted by atomic mass is 32.2. The van der Waals surface area contributed by atoms with Crippen LogP contribution >= 0.6 is 11.8 Å². The van der Waals surface area contributed by atoms with Gasteiger partial charge in [0, 0.05) is 21.1 Å². The second-order valence-electron chi connectivity index (χ2n) is 5.63. The maximum absolute atomic E-state index is 9.13. The first-order chi connectivity index (χ1) is 13.1. The number of aliphatic hydroxyl groups is 1. The van der Waals surface area contributed by atoms with Crippen LogP contribution in [0.2, 0.25) is 0 Å². The molecule has 0 amide bonds. The topological polar surface area (TPSA) is 71.7 Å². The molecule has 0 spiro atoms. The molecule has 0 fully saturated rings. The van der Waals surface area contributed by atoms with E-state index in [0.717, 1.165) is 5.56 Å². The number of nitrogens with zero attached hydrogens (tertiary/aromatic N) is 1. The van der Waals surface area contributed by atoms with Gasteiger partial charge >= 0.3 is 0 Å². The van der Waals surface area contributed by atoms with Crippen LogP contribution in [-0.2, 0) is 0 Å². The molecule has 7 heteroatoms. The average Bonchev–Trinajstić information content (AvgIpc) is 2.71. The van der Waals surface area contributed by atoms with Gasteiger partial charge < -0.3 is 19.3 Å². The van der Waals surface area contributed by atoms with Crippen molar-refractivity contribution in [3.63, 3.8) is 0 Å². The lowest BCUT2D eigenvalue weighted by Crippen LogP contribution is -2.09. The summed E-state index contributed by atoms with van der Waals surface area (Å²) in [4.78, 5) is 0. The molecule has 0 aromatic heterocycles. The number of rotatable bonds is 8. The Kier molecular flexibility index (Phi) is 13.5. The third-order valence-corrected chi connectivity index (χ3v) is 3.67. The zero-order chi connectivity index (χ0) is 20.1. The van der Waals surface area contributed by atoms with Crippen molar-refractivity contribution in [3.05, 3.63) is 53.6 Å². The number of benzene rings is 2. The number of methoxy groups -OCH3 is 2. The fraction of sp³-hybridized carbons (Fsp3) is 0.381. The second kappa shape index (κ2) is 14.7. The number of ether oxygens (including phenoxy) is 3. The van der Waals surface area contributed by atoms with Crippen LogP contribution in [0.25, 0.3) is 0 Å². The molecule has 1 N–H and O–H groups in total. The van der Waals surface area contributed by atoms with Crippen LogP contribution in [0.15, 0.2) is 42.5 Å². The molecule has 1 unspecified atom stereocenters. The predicted molar refractivity (Wildman–Crippen MR) is 116 cm³/mol. The van der Waals surface area contributed by atoms with Gasteiger partial charge in [-0.25, -0.2) is 0 Å². The summed E-state index contributed by atoms with van der Waals surface area (Å²) in [5, 5.41) is 18.0. The van der Waals surface area contributed by atoms with Gasteiger partial charge in [-0.05, 0) is 55.2 Å². The summed E-state index contributed by atoms with van der Waals surface area (Å²) in [6, 6.07) is 14.8. The van der Waals surface area contributed by atoms with Crippen molar-refractivity contribution in [1.82, 2.24) is 0 Å². The molecular formula is C21H27BNO4S. The van der Waals surface area contributed by atoms with Gasteiger partial charge in [-0.3, -0.25) is 0 Å². The Labute approximate surface area is 174 Å². The maximum atomic E-state index is 9.13. The summed E-state index contributed by atoms with van der Waals surface area (Å²) < 4.78 is 16.6. The van der Waals surface area contributed by atoms with Crippen LogP contribution in [0.1, 0.15) is 30.1 Å². The molecule has 2 aromatic rings. The summed E-state index contributed by atoms with van der Waals surface area (Å²) in [7, 11) is 3.16. The van der Waals surface area contributed by atoms with E-state index < -0.39 is 0 Å². The van der Waals surface area contributed by atoms with Crippen molar-refractivity contribution in [2.75, 3.05) is 33.3 Å². The molecule has 0 saturated carbocycles. The minimum Gasteiger partial charge on any atom is -0.493 e. The minimum atomic E-state index is -0.219. The van der Waals surface area contributed by atoms with Gasteiger partial charge in [0.25, 0.3) is 0 Å². The molecule has 5 nitrogen and oxygen atoms in total. The lowest BCUT2D eigenvalue weighted by molar-refractivity contribution is 0.174. The fourth-order valence-electron chi connectivity index (χ4n) is 2.40. The van der Waals surface area contributed by atoms with Crippen LogP contribution in [0.4, 0.5) is 0 Å². The Hall–Kier alpha value is -2.30. The smallest absolute Gasteiger partial charge is 0.164 e. The Balaban J connectivity index is 0.00000171. The van der Waals surface area contributed by atoms with E-state index in [0.29, 0.717) is 35.7 Å². The molecule has 2 rings (SSSR count). The SMILES string of the molecule is COc1ccc(OC(CCCO)c2ccc(C#N)cc2)cc1OC.CSC.[B]. The van der Waals surface area contributed by atoms with Crippen LogP contribution in [-0.4, -0.2) is 46.9 Å². The van der Waals surface area contributed by atoms with E-state index in [2.05, 4.69) is 6.07 Å². The van der Waals surface area contributed by atoms with Gasteiger partial charge in [-0.2, -0.15) is 17.0 Å². The largest absolute Gasteiger partial charge is 0.493 e. The summed E-state index contributed by atoms with van der Waals surface area (Å²) >= 11 is 1.75. The zero-order valence-corrected chi connectivity index (χ0v) is 17.7. The Morgan fingerprint density at radius 3 is 2.14 bits per heavy atom. The highest BCUT2D eigenvalue weighted by Gasteiger charge is 2.15. The van der Waals surface area contributed by atoms with E-state index in [-0.39, 0.29) is 21.1 Å². The van der Waals surface area contributed by atoms with Crippen molar-refractivity contribution in [1.29, 1.82) is 5.26 Å². The molecule has 0 bridgehead atoms. The Morgan fingerprint density at radius 2 is 1.64 bits per heavy atom. The van der Waals surface area contributed by atoms with Crippen molar-refractivity contribution in [2.45, 2.75) is 18.9 Å². The standard InChI is InChI=1S/C19H21NO4.C2H6S.B/c1-22-18-10-9-16(12-19(18)23-2)24-17(4-3-11-21)15-7-5-14(13-20)6-8-15;1-3-2;/h5-10,12,17,21H,3-4,11H2,1-2H3;1-2H3;. The van der Waals surface area contributed by atoms with Gasteiger partial charge in [0.15, 0.2) is 11.5 Å². The summed E-state index contributed by atoms with van der Waals surface area (Å²) in [6.45, 7) is 0.0993. The maximum Gasteiger partial charge on any atom is 0.164 e. The molecule has 0 saturated heterocycles. The molecule has 3 radical (unpaired) electrons. The van der Waals surface area contributed by atoms with E-state index in [1.54, 1.807) is 50.2 Å². The predicted octanol–water partition coefficient (Wildman–Crippen LogP) is 4.07. The van der Waals surface area contributed by atoms with Crippen molar-refractivity contribution < 1.29 is 19.3 Å². The fourth-order valence-corrected chi connectivity index (χ4v) is 2.40. The first kappa shape index (κ1) is 25.7. The third-order valence-electron chi connectivity index (χ3n) is 3.67. The summed E-state index contributed by atoms with van der Waals surface area (Å²) in [5.74, 6) is 1.88. The monoisotopic (exact) mass is 400 g/mol. The number of hydrogen-bond acceptors (Lipinski definition) is 6. The summed E-state index contributed by atoms with van der Waals surface area (Å²) in [6.07, 6.45) is 5.15. The van der Waals surface area contributed by atoms with Crippen molar-refractivity contribution in [3.8, 4) is 23.3 Å². The van der Waals surface area contributed by atoms with Gasteiger partial charge in [-0.15, -0.1) is 0 Å². The van der Waals surface area contributed by atoms with Crippen LogP contribution in [0, 0.1) is 11.3 Å². The van der Waals surface area contributed by atoms with Gasteiger partial charge in [-0.1, -0.05) is 12.1 Å². The zero-order valence-electron chi connectivity index (χ0n) is 16.8. The van der Waals surface area contributed by atoms with E-state index in [9.17, 15) is 0 Å². The quantitative estimate of drug-likeness (QED) is 0.674. The lowest BCUT2D eigenvalue weighted by atomic mass is 10.0. The van der Waals surface area contributed by atoms with E-state index in [1.165, 1.54) is 0 Å². The lowest BCUT2D eigenvalue weighted by Gasteiger charge is -2.20. The minimum absolute atomic E-state index is 0. The molecule has 28 heavy (non-hydrogen) atoms. The molecule has 2 aromatic carbocycles. The molecular weight excluding hydrogens is 373 g/mol. The molecule has 149 valence electrons. The van der Waals surface area contributed by atoms with Crippen LogP contribution in [0.3, 0.4) is 0 Å². The molecule has 0 aliphatic carbocycles. The highest BCUT2D eigenvalue weighted by molar-refractivity contribution is 7.97. The first-order valence-corrected chi connectivity index (χ1v) is 10.2. The number of hydrogen-bond donors (Lipinski definition) is 1. The van der Waals surface area contributed by atoms with Crippen molar-refractivity contribution >= 4 is 20.2 Å². The van der Waals surface area contributed by atoms with E-state index in [1.807, 2.05) is 30.7 Å². The molecule has 0 aliphatic heterocycles. The molecule has 0 aliphatic rings. The number of thioether (sulfide) groups is 1. The number of nitriles is 1. The van der Waals surface area contributed by atoms with Crippen LogP contribution in [0.5, 0.6) is 17.2 Å². The average molecular weight is 400 g/mol. The van der Waals surface area contributed by atoms with E-state index in [4.69, 9.17) is 24.6 Å². The Bertz CT molecular complexity index is 719. The third kappa shape index (κ3) is 8.16. The summed E-state index contributed by atoms with van der Waals surface area (Å²) in [5.41, 5.74) is 1.56. The first-order valence-electron chi connectivity index (χ1n) is 8.53. The van der Waals surface area contributed by atoms with Gasteiger partial charge in [0.2, 0.25) is 0 Å². The molecule has 0 heterocycles. The normalized spacial score (nSPS) is 10.4. The van der Waals surface area contributed by atoms with Crippen molar-refractivity contribution in [2.24, 2.45) is 0 Å². The second-order valence-corrected chi connectivity index (χ2v) is 6.45.